The predicted molar refractivity (Wildman–Crippen MR) is 79.1 cm³/mol. The largest absolute Gasteiger partial charge is 0.467 e. The molecule has 5 heteroatoms. The first kappa shape index (κ1) is 15.1. The van der Waals surface area contributed by atoms with Crippen molar-refractivity contribution in [1.82, 2.24) is 0 Å². The third-order valence-electron chi connectivity index (χ3n) is 3.54. The fourth-order valence-corrected chi connectivity index (χ4v) is 3.01. The number of benzene rings is 1. The van der Waals surface area contributed by atoms with Gasteiger partial charge in [0, 0.05) is 23.6 Å². The fraction of sp³-hybridized carbons (Fsp3) is 0.533. The smallest absolute Gasteiger partial charge is 0.331 e. The number of halogens is 1. The highest BCUT2D eigenvalue weighted by atomic mass is 35.5. The number of nitrogens with one attached hydrogen (secondary N) is 1. The van der Waals surface area contributed by atoms with Gasteiger partial charge >= 0.3 is 5.97 Å². The molecule has 0 aromatic heterocycles. The lowest BCUT2D eigenvalue weighted by molar-refractivity contribution is -0.154. The molecule has 2 unspecified atom stereocenters. The average Bonchev–Trinajstić information content (AvgIpc) is 2.39. The van der Waals surface area contributed by atoms with Crippen molar-refractivity contribution in [2.75, 3.05) is 12.4 Å². The lowest BCUT2D eigenvalue weighted by Gasteiger charge is -2.41. The van der Waals surface area contributed by atoms with Gasteiger partial charge in [0.25, 0.3) is 0 Å². The Bertz CT molecular complexity index is 465. The minimum Gasteiger partial charge on any atom is -0.467 e. The van der Waals surface area contributed by atoms with E-state index in [0.717, 1.165) is 5.69 Å². The Kier molecular flexibility index (Phi) is 4.55. The van der Waals surface area contributed by atoms with Crippen LogP contribution in [0.5, 0.6) is 0 Å². The van der Waals surface area contributed by atoms with E-state index in [9.17, 15) is 4.79 Å². The second kappa shape index (κ2) is 6.02. The standard InChI is InChI=1S/C15H20ClNO3/c1-10-8-15(14(18)19-3,9-11(2)20-10)17-13-6-4-12(16)5-7-13/h4-7,10-11,17H,8-9H2,1-3H3. The maximum atomic E-state index is 12.3. The lowest BCUT2D eigenvalue weighted by atomic mass is 9.83. The van der Waals surface area contributed by atoms with Gasteiger partial charge in [-0.1, -0.05) is 11.6 Å². The van der Waals surface area contributed by atoms with Crippen LogP contribution < -0.4 is 5.32 Å². The summed E-state index contributed by atoms with van der Waals surface area (Å²) >= 11 is 5.89. The maximum Gasteiger partial charge on any atom is 0.331 e. The van der Waals surface area contributed by atoms with E-state index < -0.39 is 5.54 Å². The van der Waals surface area contributed by atoms with Gasteiger partial charge in [-0.25, -0.2) is 4.79 Å². The molecule has 20 heavy (non-hydrogen) atoms. The zero-order chi connectivity index (χ0) is 14.8. The molecule has 1 aliphatic rings. The molecule has 1 N–H and O–H groups in total. The van der Waals surface area contributed by atoms with Crippen LogP contribution in [0, 0.1) is 0 Å². The molecule has 1 aromatic rings. The van der Waals surface area contributed by atoms with Crippen molar-refractivity contribution in [2.24, 2.45) is 0 Å². The predicted octanol–water partition coefficient (Wildman–Crippen LogP) is 3.25. The molecule has 2 atom stereocenters. The van der Waals surface area contributed by atoms with Crippen molar-refractivity contribution in [3.8, 4) is 0 Å². The Morgan fingerprint density at radius 1 is 1.30 bits per heavy atom. The number of esters is 1. The second-order valence-electron chi connectivity index (χ2n) is 5.37. The molecule has 0 bridgehead atoms. The van der Waals surface area contributed by atoms with Crippen LogP contribution in [-0.4, -0.2) is 30.8 Å². The SMILES string of the molecule is COC(=O)C1(Nc2ccc(Cl)cc2)CC(C)OC(C)C1. The number of carbonyl (C=O) groups excluding carboxylic acids is 1. The number of hydrogen-bond donors (Lipinski definition) is 1. The summed E-state index contributed by atoms with van der Waals surface area (Å²) < 4.78 is 10.7. The Hall–Kier alpha value is -1.26. The van der Waals surface area contributed by atoms with Crippen molar-refractivity contribution in [3.63, 3.8) is 0 Å². The number of hydrogen-bond acceptors (Lipinski definition) is 4. The van der Waals surface area contributed by atoms with Crippen LogP contribution in [0.4, 0.5) is 5.69 Å². The topological polar surface area (TPSA) is 47.6 Å². The van der Waals surface area contributed by atoms with Crippen LogP contribution in [-0.2, 0) is 14.3 Å². The van der Waals surface area contributed by atoms with Gasteiger partial charge in [0.1, 0.15) is 5.54 Å². The number of methoxy groups -OCH3 is 1. The quantitative estimate of drug-likeness (QED) is 0.870. The van der Waals surface area contributed by atoms with Gasteiger partial charge in [0.2, 0.25) is 0 Å². The average molecular weight is 298 g/mol. The summed E-state index contributed by atoms with van der Waals surface area (Å²) in [5, 5.41) is 3.98. The van der Waals surface area contributed by atoms with E-state index in [2.05, 4.69) is 5.32 Å². The minimum atomic E-state index is -0.750. The molecule has 1 aliphatic heterocycles. The maximum absolute atomic E-state index is 12.3. The van der Waals surface area contributed by atoms with E-state index in [1.165, 1.54) is 7.11 Å². The monoisotopic (exact) mass is 297 g/mol. The van der Waals surface area contributed by atoms with E-state index in [4.69, 9.17) is 21.1 Å². The Labute approximate surface area is 124 Å². The Morgan fingerprint density at radius 2 is 1.85 bits per heavy atom. The van der Waals surface area contributed by atoms with Gasteiger partial charge < -0.3 is 14.8 Å². The molecular weight excluding hydrogens is 278 g/mol. The zero-order valence-electron chi connectivity index (χ0n) is 12.0. The fourth-order valence-electron chi connectivity index (χ4n) is 2.88. The van der Waals surface area contributed by atoms with Gasteiger partial charge in [-0.2, -0.15) is 0 Å². The van der Waals surface area contributed by atoms with E-state index in [1.54, 1.807) is 12.1 Å². The highest BCUT2D eigenvalue weighted by Crippen LogP contribution is 2.33. The van der Waals surface area contributed by atoms with Crippen molar-refractivity contribution in [2.45, 2.75) is 44.4 Å². The van der Waals surface area contributed by atoms with Crippen molar-refractivity contribution < 1.29 is 14.3 Å². The Morgan fingerprint density at radius 3 is 2.35 bits per heavy atom. The molecule has 0 saturated carbocycles. The van der Waals surface area contributed by atoms with Crippen LogP contribution >= 0.6 is 11.6 Å². The number of ether oxygens (including phenoxy) is 2. The van der Waals surface area contributed by atoms with E-state index in [0.29, 0.717) is 17.9 Å². The summed E-state index contributed by atoms with van der Waals surface area (Å²) in [7, 11) is 1.42. The number of carbonyl (C=O) groups is 1. The summed E-state index contributed by atoms with van der Waals surface area (Å²) in [6.45, 7) is 3.94. The highest BCUT2D eigenvalue weighted by molar-refractivity contribution is 6.30. The van der Waals surface area contributed by atoms with Crippen molar-refractivity contribution in [3.05, 3.63) is 29.3 Å². The molecular formula is C15H20ClNO3. The second-order valence-corrected chi connectivity index (χ2v) is 5.81. The van der Waals surface area contributed by atoms with Crippen LogP contribution in [0.3, 0.4) is 0 Å². The molecule has 4 nitrogen and oxygen atoms in total. The highest BCUT2D eigenvalue weighted by Gasteiger charge is 2.45. The summed E-state index contributed by atoms with van der Waals surface area (Å²) in [6.07, 6.45) is 1.15. The Balaban J connectivity index is 2.27. The van der Waals surface area contributed by atoms with E-state index in [1.807, 2.05) is 26.0 Å². The van der Waals surface area contributed by atoms with E-state index in [-0.39, 0.29) is 18.2 Å². The van der Waals surface area contributed by atoms with Gasteiger partial charge in [0.15, 0.2) is 0 Å². The van der Waals surface area contributed by atoms with Crippen molar-refractivity contribution >= 4 is 23.3 Å². The molecule has 0 spiro atoms. The molecule has 1 fully saturated rings. The number of rotatable bonds is 3. The molecule has 1 heterocycles. The van der Waals surface area contributed by atoms with Crippen LogP contribution in [0.15, 0.2) is 24.3 Å². The summed E-state index contributed by atoms with van der Waals surface area (Å²) in [5.41, 5.74) is 0.0979. The molecule has 0 radical (unpaired) electrons. The van der Waals surface area contributed by atoms with E-state index >= 15 is 0 Å². The van der Waals surface area contributed by atoms with Gasteiger partial charge in [0.05, 0.1) is 19.3 Å². The molecule has 110 valence electrons. The third-order valence-corrected chi connectivity index (χ3v) is 3.79. The van der Waals surface area contributed by atoms with Crippen LogP contribution in [0.1, 0.15) is 26.7 Å². The van der Waals surface area contributed by atoms with Crippen LogP contribution in [0.25, 0.3) is 0 Å². The van der Waals surface area contributed by atoms with Gasteiger partial charge in [-0.3, -0.25) is 0 Å². The summed E-state index contributed by atoms with van der Waals surface area (Å²) in [4.78, 5) is 12.3. The third kappa shape index (κ3) is 3.25. The lowest BCUT2D eigenvalue weighted by Crippen LogP contribution is -2.55. The first-order valence-electron chi connectivity index (χ1n) is 6.73. The first-order valence-corrected chi connectivity index (χ1v) is 7.10. The first-order chi connectivity index (χ1) is 9.45. The van der Waals surface area contributed by atoms with Crippen molar-refractivity contribution in [1.29, 1.82) is 0 Å². The molecule has 0 amide bonds. The van der Waals surface area contributed by atoms with Gasteiger partial charge in [-0.05, 0) is 38.1 Å². The molecule has 1 saturated heterocycles. The zero-order valence-corrected chi connectivity index (χ0v) is 12.7. The minimum absolute atomic E-state index is 0.00218. The number of anilines is 1. The molecule has 1 aromatic carbocycles. The van der Waals surface area contributed by atoms with Crippen LogP contribution in [0.2, 0.25) is 5.02 Å². The molecule has 2 rings (SSSR count). The normalized spacial score (nSPS) is 29.8. The van der Waals surface area contributed by atoms with Gasteiger partial charge in [-0.15, -0.1) is 0 Å². The summed E-state index contributed by atoms with van der Waals surface area (Å²) in [5.74, 6) is -0.255. The summed E-state index contributed by atoms with van der Waals surface area (Å²) in [6, 6.07) is 7.30. The molecule has 0 aliphatic carbocycles.